The maximum Gasteiger partial charge on any atom is 0.253 e. The summed E-state index contributed by atoms with van der Waals surface area (Å²) in [5, 5.41) is 3.42. The third kappa shape index (κ3) is 2.28. The minimum Gasteiger partial charge on any atom is -0.338 e. The average Bonchev–Trinajstić information content (AvgIpc) is 3.00. The Kier molecular flexibility index (Phi) is 3.32. The lowest BCUT2D eigenvalue weighted by molar-refractivity contribution is 0.0775. The van der Waals surface area contributed by atoms with Gasteiger partial charge in [0.25, 0.3) is 5.91 Å². The first-order chi connectivity index (χ1) is 8.69. The molecule has 0 aliphatic carbocycles. The molecule has 0 aromatic heterocycles. The molecule has 3 nitrogen and oxygen atoms in total. The number of halogens is 1. The molecule has 1 aromatic rings. The molecule has 3 rings (SSSR count). The maximum absolute atomic E-state index is 12.4. The van der Waals surface area contributed by atoms with Crippen LogP contribution in [-0.4, -0.2) is 37.0 Å². The molecule has 0 radical (unpaired) electrons. The van der Waals surface area contributed by atoms with Gasteiger partial charge in [0.2, 0.25) is 0 Å². The molecule has 1 spiro atoms. The minimum absolute atomic E-state index is 0.192. The van der Waals surface area contributed by atoms with E-state index in [-0.39, 0.29) is 5.91 Å². The summed E-state index contributed by atoms with van der Waals surface area (Å²) >= 11 is 2.25. The van der Waals surface area contributed by atoms with Gasteiger partial charge in [0, 0.05) is 34.2 Å². The topological polar surface area (TPSA) is 32.3 Å². The van der Waals surface area contributed by atoms with E-state index in [0.717, 1.165) is 41.7 Å². The molecule has 1 amide bonds. The Bertz CT molecular complexity index is 469. The Morgan fingerprint density at radius 3 is 3.00 bits per heavy atom. The van der Waals surface area contributed by atoms with E-state index >= 15 is 0 Å². The normalized spacial score (nSPS) is 27.1. The van der Waals surface area contributed by atoms with Crippen molar-refractivity contribution in [1.29, 1.82) is 0 Å². The molecule has 96 valence electrons. The van der Waals surface area contributed by atoms with E-state index in [1.165, 1.54) is 6.42 Å². The summed E-state index contributed by atoms with van der Waals surface area (Å²) in [6, 6.07) is 7.87. The fourth-order valence-electron chi connectivity index (χ4n) is 3.06. The largest absolute Gasteiger partial charge is 0.338 e. The number of carbonyl (C=O) groups is 1. The first-order valence-corrected chi connectivity index (χ1v) is 7.52. The van der Waals surface area contributed by atoms with Gasteiger partial charge in [-0.1, -0.05) is 6.07 Å². The number of carbonyl (C=O) groups excluding carboxylic acids is 1. The fourth-order valence-corrected chi connectivity index (χ4v) is 3.60. The zero-order valence-corrected chi connectivity index (χ0v) is 12.4. The second-order valence-electron chi connectivity index (χ2n) is 5.41. The number of nitrogens with zero attached hydrogens (tertiary/aromatic N) is 1. The van der Waals surface area contributed by atoms with E-state index in [1.807, 2.05) is 29.2 Å². The van der Waals surface area contributed by atoms with Crippen LogP contribution in [0, 0.1) is 8.99 Å². The average molecular weight is 356 g/mol. The van der Waals surface area contributed by atoms with Crippen LogP contribution in [0.5, 0.6) is 0 Å². The molecule has 1 atom stereocenters. The predicted octanol–water partition coefficient (Wildman–Crippen LogP) is 2.12. The second-order valence-corrected chi connectivity index (χ2v) is 6.66. The summed E-state index contributed by atoms with van der Waals surface area (Å²) in [6.45, 7) is 4.00. The van der Waals surface area contributed by atoms with Gasteiger partial charge in [0.15, 0.2) is 0 Å². The first-order valence-electron chi connectivity index (χ1n) is 6.44. The molecule has 4 heteroatoms. The van der Waals surface area contributed by atoms with Crippen molar-refractivity contribution in [3.05, 3.63) is 33.4 Å². The van der Waals surface area contributed by atoms with Crippen LogP contribution >= 0.6 is 22.6 Å². The lowest BCUT2D eigenvalue weighted by atomic mass is 9.86. The van der Waals surface area contributed by atoms with Crippen molar-refractivity contribution in [3.63, 3.8) is 0 Å². The number of benzene rings is 1. The highest BCUT2D eigenvalue weighted by Gasteiger charge is 2.41. The smallest absolute Gasteiger partial charge is 0.253 e. The summed E-state index contributed by atoms with van der Waals surface area (Å²) in [6.07, 6.45) is 2.36. The molecule has 2 fully saturated rings. The van der Waals surface area contributed by atoms with E-state index in [9.17, 15) is 4.79 Å². The van der Waals surface area contributed by atoms with Crippen molar-refractivity contribution in [2.45, 2.75) is 12.8 Å². The van der Waals surface area contributed by atoms with Crippen LogP contribution in [0.3, 0.4) is 0 Å². The van der Waals surface area contributed by atoms with Crippen LogP contribution in [0.25, 0.3) is 0 Å². The molecule has 2 aliphatic heterocycles. The summed E-state index contributed by atoms with van der Waals surface area (Å²) in [7, 11) is 0. The fraction of sp³-hybridized carbons (Fsp3) is 0.500. The highest BCUT2D eigenvalue weighted by molar-refractivity contribution is 14.1. The van der Waals surface area contributed by atoms with E-state index in [0.29, 0.717) is 5.41 Å². The third-order valence-corrected chi connectivity index (χ3v) is 4.80. The molecule has 1 aromatic carbocycles. The summed E-state index contributed by atoms with van der Waals surface area (Å²) in [4.78, 5) is 14.5. The van der Waals surface area contributed by atoms with Crippen LogP contribution in [0.4, 0.5) is 0 Å². The molecule has 1 N–H and O–H groups in total. The van der Waals surface area contributed by atoms with Gasteiger partial charge in [-0.15, -0.1) is 0 Å². The van der Waals surface area contributed by atoms with Gasteiger partial charge in [0.1, 0.15) is 0 Å². The lowest BCUT2D eigenvalue weighted by Crippen LogP contribution is -2.33. The molecule has 0 bridgehead atoms. The number of likely N-dealkylation sites (tertiary alicyclic amines) is 1. The van der Waals surface area contributed by atoms with E-state index < -0.39 is 0 Å². The number of hydrogen-bond acceptors (Lipinski definition) is 2. The van der Waals surface area contributed by atoms with Gasteiger partial charge in [-0.3, -0.25) is 4.79 Å². The summed E-state index contributed by atoms with van der Waals surface area (Å²) < 4.78 is 1.12. The lowest BCUT2D eigenvalue weighted by Gasteiger charge is -2.22. The first kappa shape index (κ1) is 12.4. The Morgan fingerprint density at radius 2 is 2.28 bits per heavy atom. The van der Waals surface area contributed by atoms with Crippen molar-refractivity contribution in [2.75, 3.05) is 26.2 Å². The standard InChI is InChI=1S/C14H17IN2O/c15-12-3-1-2-11(8-12)13(18)17-7-5-14(10-17)4-6-16-9-14/h1-3,8,16H,4-7,9-10H2. The van der Waals surface area contributed by atoms with Crippen LogP contribution in [0.1, 0.15) is 23.2 Å². The number of hydrogen-bond donors (Lipinski definition) is 1. The van der Waals surface area contributed by atoms with E-state index in [1.54, 1.807) is 0 Å². The molecule has 0 saturated carbocycles. The van der Waals surface area contributed by atoms with Crippen LogP contribution in [-0.2, 0) is 0 Å². The van der Waals surface area contributed by atoms with Crippen LogP contribution in [0.2, 0.25) is 0 Å². The number of amides is 1. The maximum atomic E-state index is 12.4. The number of rotatable bonds is 1. The second kappa shape index (κ2) is 4.81. The van der Waals surface area contributed by atoms with Gasteiger partial charge < -0.3 is 10.2 Å². The molecule has 2 aliphatic rings. The van der Waals surface area contributed by atoms with Gasteiger partial charge >= 0.3 is 0 Å². The highest BCUT2D eigenvalue weighted by Crippen LogP contribution is 2.36. The van der Waals surface area contributed by atoms with Gasteiger partial charge in [-0.2, -0.15) is 0 Å². The Balaban J connectivity index is 1.74. The van der Waals surface area contributed by atoms with Gasteiger partial charge in [0.05, 0.1) is 0 Å². The molecule has 2 saturated heterocycles. The zero-order chi connectivity index (χ0) is 12.6. The van der Waals surface area contributed by atoms with Crippen LogP contribution < -0.4 is 5.32 Å². The van der Waals surface area contributed by atoms with Crippen molar-refractivity contribution in [1.82, 2.24) is 10.2 Å². The van der Waals surface area contributed by atoms with Crippen LogP contribution in [0.15, 0.2) is 24.3 Å². The zero-order valence-electron chi connectivity index (χ0n) is 10.3. The monoisotopic (exact) mass is 356 g/mol. The third-order valence-electron chi connectivity index (χ3n) is 4.13. The summed E-state index contributed by atoms with van der Waals surface area (Å²) in [5.74, 6) is 0.192. The van der Waals surface area contributed by atoms with E-state index in [2.05, 4.69) is 27.9 Å². The van der Waals surface area contributed by atoms with Gasteiger partial charge in [-0.25, -0.2) is 0 Å². The Labute approximate surface area is 121 Å². The molecule has 2 heterocycles. The quantitative estimate of drug-likeness (QED) is 0.782. The Morgan fingerprint density at radius 1 is 1.39 bits per heavy atom. The molecular weight excluding hydrogens is 339 g/mol. The van der Waals surface area contributed by atoms with Crippen molar-refractivity contribution in [3.8, 4) is 0 Å². The van der Waals surface area contributed by atoms with Crippen molar-refractivity contribution < 1.29 is 4.79 Å². The van der Waals surface area contributed by atoms with Gasteiger partial charge in [-0.05, 0) is 60.2 Å². The van der Waals surface area contributed by atoms with Crippen molar-refractivity contribution >= 4 is 28.5 Å². The Hall–Kier alpha value is -0.620. The highest BCUT2D eigenvalue weighted by atomic mass is 127. The molecular formula is C14H17IN2O. The van der Waals surface area contributed by atoms with Crippen molar-refractivity contribution in [2.24, 2.45) is 5.41 Å². The number of nitrogens with one attached hydrogen (secondary N) is 1. The molecule has 18 heavy (non-hydrogen) atoms. The SMILES string of the molecule is O=C(c1cccc(I)c1)N1CCC2(CCNC2)C1. The summed E-state index contributed by atoms with van der Waals surface area (Å²) in [5.41, 5.74) is 1.18. The molecule has 1 unspecified atom stereocenters. The predicted molar refractivity (Wildman–Crippen MR) is 79.6 cm³/mol. The van der Waals surface area contributed by atoms with E-state index in [4.69, 9.17) is 0 Å². The minimum atomic E-state index is 0.192.